The number of carbonyl (C=O) groups excluding carboxylic acids is 1. The largest absolute Gasteiger partial charge is 0.417 e. The van der Waals surface area contributed by atoms with Crippen LogP contribution in [0.5, 0.6) is 0 Å². The van der Waals surface area contributed by atoms with Crippen LogP contribution in [0.15, 0.2) is 71.5 Å². The molecule has 0 spiro atoms. The first-order valence-electron chi connectivity index (χ1n) is 9.42. The van der Waals surface area contributed by atoms with Gasteiger partial charge >= 0.3 is 6.18 Å². The molecule has 4 aromatic rings. The number of carbonyl (C=O) groups is 1. The monoisotopic (exact) mass is 441 g/mol. The van der Waals surface area contributed by atoms with Crippen LogP contribution < -0.4 is 10.9 Å². The van der Waals surface area contributed by atoms with Crippen LogP contribution in [0.25, 0.3) is 16.6 Å². The molecule has 1 heterocycles. The number of fused-ring (bicyclic) bond motifs is 1. The van der Waals surface area contributed by atoms with E-state index in [2.05, 4.69) is 10.3 Å². The number of anilines is 1. The highest BCUT2D eigenvalue weighted by Gasteiger charge is 2.35. The van der Waals surface area contributed by atoms with Crippen molar-refractivity contribution in [3.8, 4) is 5.69 Å². The summed E-state index contributed by atoms with van der Waals surface area (Å²) in [6.45, 7) is 1.59. The van der Waals surface area contributed by atoms with Crippen molar-refractivity contribution >= 4 is 22.5 Å². The fraction of sp³-hybridized carbons (Fsp3) is 0.0870. The van der Waals surface area contributed by atoms with Crippen LogP contribution in [0, 0.1) is 12.7 Å². The Hall–Kier alpha value is -4.01. The minimum absolute atomic E-state index is 0.201. The third-order valence-corrected chi connectivity index (χ3v) is 4.88. The van der Waals surface area contributed by atoms with Gasteiger partial charge in [0.25, 0.3) is 11.5 Å². The molecule has 32 heavy (non-hydrogen) atoms. The molecule has 0 saturated carbocycles. The number of para-hydroxylation sites is 1. The van der Waals surface area contributed by atoms with Gasteiger partial charge in [0.1, 0.15) is 11.6 Å². The maximum atomic E-state index is 14.4. The van der Waals surface area contributed by atoms with E-state index in [0.29, 0.717) is 16.7 Å². The van der Waals surface area contributed by atoms with Gasteiger partial charge in [-0.25, -0.2) is 9.37 Å². The number of halogens is 4. The number of hydrogen-bond acceptors (Lipinski definition) is 3. The molecule has 0 aliphatic rings. The zero-order valence-corrected chi connectivity index (χ0v) is 16.6. The Bertz CT molecular complexity index is 1410. The van der Waals surface area contributed by atoms with Gasteiger partial charge in [-0.1, -0.05) is 24.3 Å². The normalized spacial score (nSPS) is 11.5. The smallest absolute Gasteiger partial charge is 0.319 e. The number of nitrogens with one attached hydrogen (secondary N) is 1. The summed E-state index contributed by atoms with van der Waals surface area (Å²) in [6.07, 6.45) is -4.75. The van der Waals surface area contributed by atoms with Crippen molar-refractivity contribution in [1.82, 2.24) is 9.55 Å². The second kappa shape index (κ2) is 7.92. The summed E-state index contributed by atoms with van der Waals surface area (Å²) in [7, 11) is 0. The number of nitrogens with zero attached hydrogens (tertiary/aromatic N) is 2. The molecular weight excluding hydrogens is 426 g/mol. The Morgan fingerprint density at radius 2 is 1.69 bits per heavy atom. The molecule has 0 aliphatic carbocycles. The highest BCUT2D eigenvalue weighted by molar-refractivity contribution is 6.05. The number of aryl methyl sites for hydroxylation is 1. The first-order valence-corrected chi connectivity index (χ1v) is 9.42. The lowest BCUT2D eigenvalue weighted by molar-refractivity contribution is -0.137. The Morgan fingerprint density at radius 3 is 2.44 bits per heavy atom. The van der Waals surface area contributed by atoms with Crippen molar-refractivity contribution in [1.29, 1.82) is 0 Å². The van der Waals surface area contributed by atoms with Gasteiger partial charge in [-0.05, 0) is 49.4 Å². The molecule has 3 aromatic carbocycles. The lowest BCUT2D eigenvalue weighted by Crippen LogP contribution is -2.23. The number of hydrogen-bond donors (Lipinski definition) is 1. The van der Waals surface area contributed by atoms with E-state index in [-0.39, 0.29) is 11.4 Å². The van der Waals surface area contributed by atoms with E-state index in [1.54, 1.807) is 31.2 Å². The molecule has 1 amide bonds. The van der Waals surface area contributed by atoms with E-state index in [1.165, 1.54) is 22.8 Å². The van der Waals surface area contributed by atoms with E-state index < -0.39 is 34.6 Å². The molecule has 0 unspecified atom stereocenters. The fourth-order valence-corrected chi connectivity index (χ4v) is 3.41. The molecule has 1 N–H and O–H groups in total. The standard InChI is InChI=1S/C23H15F4N3O2/c1-13-28-19-9-5-3-7-16(19)22(32)30(13)14-10-11-18(24)20(12-14)29-21(31)15-6-2-4-8-17(15)23(25,26)27/h2-12H,1H3,(H,29,31). The van der Waals surface area contributed by atoms with Crippen LogP contribution >= 0.6 is 0 Å². The third-order valence-electron chi connectivity index (χ3n) is 4.88. The van der Waals surface area contributed by atoms with Crippen LogP contribution in [-0.2, 0) is 6.18 Å². The van der Waals surface area contributed by atoms with Crippen molar-refractivity contribution in [2.75, 3.05) is 5.32 Å². The van der Waals surface area contributed by atoms with E-state index >= 15 is 0 Å². The zero-order chi connectivity index (χ0) is 23.0. The lowest BCUT2D eigenvalue weighted by atomic mass is 10.1. The summed E-state index contributed by atoms with van der Waals surface area (Å²) in [6, 6.07) is 14.4. The second-order valence-electron chi connectivity index (χ2n) is 6.98. The number of rotatable bonds is 3. The zero-order valence-electron chi connectivity index (χ0n) is 16.6. The van der Waals surface area contributed by atoms with Gasteiger partial charge in [-0.15, -0.1) is 0 Å². The van der Waals surface area contributed by atoms with E-state index in [9.17, 15) is 27.2 Å². The van der Waals surface area contributed by atoms with Crippen LogP contribution in [0.4, 0.5) is 23.2 Å². The molecule has 4 rings (SSSR count). The average molecular weight is 441 g/mol. The average Bonchev–Trinajstić information content (AvgIpc) is 2.75. The van der Waals surface area contributed by atoms with Gasteiger partial charge in [0, 0.05) is 0 Å². The van der Waals surface area contributed by atoms with Gasteiger partial charge in [-0.2, -0.15) is 13.2 Å². The maximum Gasteiger partial charge on any atom is 0.417 e. The Balaban J connectivity index is 1.77. The van der Waals surface area contributed by atoms with E-state index in [1.807, 2.05) is 0 Å². The highest BCUT2D eigenvalue weighted by Crippen LogP contribution is 2.32. The van der Waals surface area contributed by atoms with Gasteiger partial charge in [0.15, 0.2) is 0 Å². The second-order valence-corrected chi connectivity index (χ2v) is 6.98. The van der Waals surface area contributed by atoms with Gasteiger partial charge in [0.05, 0.1) is 33.4 Å². The fourth-order valence-electron chi connectivity index (χ4n) is 3.41. The van der Waals surface area contributed by atoms with Gasteiger partial charge in [-0.3, -0.25) is 14.2 Å². The molecule has 0 radical (unpaired) electrons. The summed E-state index contributed by atoms with van der Waals surface area (Å²) in [4.78, 5) is 29.9. The van der Waals surface area contributed by atoms with E-state index in [0.717, 1.165) is 24.3 Å². The molecule has 1 aromatic heterocycles. The minimum atomic E-state index is -4.75. The summed E-state index contributed by atoms with van der Waals surface area (Å²) < 4.78 is 55.3. The minimum Gasteiger partial charge on any atom is -0.319 e. The van der Waals surface area contributed by atoms with Crippen LogP contribution in [0.1, 0.15) is 21.7 Å². The predicted molar refractivity (Wildman–Crippen MR) is 111 cm³/mol. The summed E-state index contributed by atoms with van der Waals surface area (Å²) in [5, 5.41) is 2.52. The lowest BCUT2D eigenvalue weighted by Gasteiger charge is -2.15. The molecule has 162 valence electrons. The predicted octanol–water partition coefficient (Wildman–Crippen LogP) is 5.10. The summed E-state index contributed by atoms with van der Waals surface area (Å²) >= 11 is 0. The molecule has 5 nitrogen and oxygen atoms in total. The van der Waals surface area contributed by atoms with E-state index in [4.69, 9.17) is 0 Å². The Kier molecular flexibility index (Phi) is 5.25. The Morgan fingerprint density at radius 1 is 1.00 bits per heavy atom. The molecule has 0 saturated heterocycles. The van der Waals surface area contributed by atoms with Gasteiger partial charge in [0.2, 0.25) is 0 Å². The topological polar surface area (TPSA) is 64.0 Å². The molecular formula is C23H15F4N3O2. The van der Waals surface area contributed by atoms with Gasteiger partial charge < -0.3 is 5.32 Å². The van der Waals surface area contributed by atoms with Crippen LogP contribution in [0.3, 0.4) is 0 Å². The Labute approximate surface area is 179 Å². The van der Waals surface area contributed by atoms with Crippen molar-refractivity contribution in [2.24, 2.45) is 0 Å². The first kappa shape index (κ1) is 21.2. The summed E-state index contributed by atoms with van der Waals surface area (Å²) in [5.74, 6) is -1.68. The van der Waals surface area contributed by atoms with Crippen LogP contribution in [-0.4, -0.2) is 15.5 Å². The number of amides is 1. The molecule has 0 aliphatic heterocycles. The quantitative estimate of drug-likeness (QED) is 0.450. The number of aromatic nitrogens is 2. The highest BCUT2D eigenvalue weighted by atomic mass is 19.4. The van der Waals surface area contributed by atoms with Crippen LogP contribution in [0.2, 0.25) is 0 Å². The third kappa shape index (κ3) is 3.84. The van der Waals surface area contributed by atoms with Crippen molar-refractivity contribution in [3.05, 3.63) is 99.9 Å². The van der Waals surface area contributed by atoms with Crippen molar-refractivity contribution < 1.29 is 22.4 Å². The number of alkyl halides is 3. The molecule has 9 heteroatoms. The first-order chi connectivity index (χ1) is 15.2. The van der Waals surface area contributed by atoms with Crippen molar-refractivity contribution in [3.63, 3.8) is 0 Å². The molecule has 0 atom stereocenters. The molecule has 0 fully saturated rings. The molecule has 0 bridgehead atoms. The number of benzene rings is 3. The SMILES string of the molecule is Cc1nc2ccccc2c(=O)n1-c1ccc(F)c(NC(=O)c2ccccc2C(F)(F)F)c1. The summed E-state index contributed by atoms with van der Waals surface area (Å²) in [5.41, 5.74) is -1.87. The maximum absolute atomic E-state index is 14.4. The van der Waals surface area contributed by atoms with Crippen molar-refractivity contribution in [2.45, 2.75) is 13.1 Å².